The first kappa shape index (κ1) is 18.1. The number of nitrogen functional groups attached to an aromatic ring is 1. The Morgan fingerprint density at radius 3 is 2.79 bits per heavy atom. The number of allylic oxidation sites excluding steroid dienone is 2. The topological polar surface area (TPSA) is 82.7 Å². The van der Waals surface area contributed by atoms with Crippen molar-refractivity contribution in [2.45, 2.75) is 13.0 Å². The van der Waals surface area contributed by atoms with Gasteiger partial charge >= 0.3 is 0 Å². The van der Waals surface area contributed by atoms with Crippen LogP contribution >= 0.6 is 0 Å². The summed E-state index contributed by atoms with van der Waals surface area (Å²) in [5.41, 5.74) is 10.8. The molecule has 0 saturated carbocycles. The summed E-state index contributed by atoms with van der Waals surface area (Å²) in [4.78, 5) is 8.57. The van der Waals surface area contributed by atoms with E-state index in [1.165, 1.54) is 5.12 Å². The average molecular weight is 383 g/mol. The molecule has 0 saturated heterocycles. The number of nitrogens with one attached hydrogen (secondary N) is 1. The zero-order valence-corrected chi connectivity index (χ0v) is 15.3. The molecule has 2 aromatic rings. The third-order valence-electron chi connectivity index (χ3n) is 4.76. The van der Waals surface area contributed by atoms with Gasteiger partial charge in [0.25, 0.3) is 0 Å². The molecule has 0 radical (unpaired) electrons. The van der Waals surface area contributed by atoms with E-state index < -0.39 is 17.7 Å². The Bertz CT molecular complexity index is 987. The maximum Gasteiger partial charge on any atom is 0.177 e. The monoisotopic (exact) mass is 383 g/mol. The molecular weight excluding hydrogens is 364 g/mol. The van der Waals surface area contributed by atoms with Crippen molar-refractivity contribution in [3.63, 3.8) is 0 Å². The summed E-state index contributed by atoms with van der Waals surface area (Å²) in [5.74, 6) is -1.47. The van der Waals surface area contributed by atoms with E-state index in [2.05, 4.69) is 20.6 Å². The SMILES string of the molecule is C[C@H]1C=CC(F)=C(F)C1N1C(c2cc(-c3ccccn3)cnc2N)=NNN1C. The molecule has 28 heavy (non-hydrogen) atoms. The van der Waals surface area contributed by atoms with Crippen LogP contribution < -0.4 is 11.3 Å². The van der Waals surface area contributed by atoms with Crippen LogP contribution in [0.4, 0.5) is 14.6 Å². The predicted octanol–water partition coefficient (Wildman–Crippen LogP) is 2.78. The summed E-state index contributed by atoms with van der Waals surface area (Å²) in [5, 5.41) is 7.31. The van der Waals surface area contributed by atoms with Gasteiger partial charge in [-0.25, -0.2) is 19.3 Å². The zero-order valence-electron chi connectivity index (χ0n) is 15.3. The number of rotatable bonds is 3. The second kappa shape index (κ2) is 7.01. The molecule has 3 N–H and O–H groups in total. The molecule has 7 nitrogen and oxygen atoms in total. The van der Waals surface area contributed by atoms with E-state index in [0.29, 0.717) is 17.1 Å². The van der Waals surface area contributed by atoms with E-state index >= 15 is 0 Å². The van der Waals surface area contributed by atoms with Crippen LogP contribution in [0, 0.1) is 5.92 Å². The third kappa shape index (κ3) is 2.99. The van der Waals surface area contributed by atoms with Gasteiger partial charge in [0.15, 0.2) is 17.5 Å². The van der Waals surface area contributed by atoms with E-state index in [9.17, 15) is 8.78 Å². The zero-order chi connectivity index (χ0) is 19.8. The first-order chi connectivity index (χ1) is 13.5. The quantitative estimate of drug-likeness (QED) is 0.848. The van der Waals surface area contributed by atoms with Crippen LogP contribution in [0.25, 0.3) is 11.3 Å². The molecule has 1 aliphatic heterocycles. The number of pyridine rings is 2. The van der Waals surface area contributed by atoms with Crippen molar-refractivity contribution in [2.24, 2.45) is 11.0 Å². The highest BCUT2D eigenvalue weighted by Gasteiger charge is 2.40. The van der Waals surface area contributed by atoms with Gasteiger partial charge in [-0.3, -0.25) is 9.99 Å². The number of anilines is 1. The molecule has 2 atom stereocenters. The van der Waals surface area contributed by atoms with Crippen molar-refractivity contribution in [2.75, 3.05) is 12.8 Å². The van der Waals surface area contributed by atoms with Crippen LogP contribution in [0.1, 0.15) is 12.5 Å². The first-order valence-electron chi connectivity index (χ1n) is 8.74. The summed E-state index contributed by atoms with van der Waals surface area (Å²) < 4.78 is 28.6. The largest absolute Gasteiger partial charge is 0.383 e. The predicted molar refractivity (Wildman–Crippen MR) is 102 cm³/mol. The second-order valence-corrected chi connectivity index (χ2v) is 6.63. The minimum absolute atomic E-state index is 0.226. The van der Waals surface area contributed by atoms with Crippen molar-refractivity contribution in [1.82, 2.24) is 25.6 Å². The van der Waals surface area contributed by atoms with Crippen LogP contribution in [-0.4, -0.2) is 39.0 Å². The maximum absolute atomic E-state index is 14.7. The highest BCUT2D eigenvalue weighted by molar-refractivity contribution is 6.03. The Balaban J connectivity index is 1.77. The van der Waals surface area contributed by atoms with Crippen LogP contribution in [0.15, 0.2) is 65.6 Å². The van der Waals surface area contributed by atoms with Crippen LogP contribution in [-0.2, 0) is 0 Å². The normalized spacial score (nSPS) is 22.4. The molecule has 0 amide bonds. The number of halogens is 2. The minimum Gasteiger partial charge on any atom is -0.383 e. The molecule has 1 aliphatic carbocycles. The Hall–Kier alpha value is -3.33. The summed E-state index contributed by atoms with van der Waals surface area (Å²) in [6.45, 7) is 1.81. The molecule has 0 spiro atoms. The van der Waals surface area contributed by atoms with Gasteiger partial charge in [-0.2, -0.15) is 0 Å². The van der Waals surface area contributed by atoms with Gasteiger partial charge in [-0.1, -0.05) is 19.1 Å². The smallest absolute Gasteiger partial charge is 0.177 e. The van der Waals surface area contributed by atoms with Crippen molar-refractivity contribution >= 4 is 11.7 Å². The third-order valence-corrected chi connectivity index (χ3v) is 4.76. The second-order valence-electron chi connectivity index (χ2n) is 6.63. The highest BCUT2D eigenvalue weighted by Crippen LogP contribution is 2.33. The van der Waals surface area contributed by atoms with Gasteiger partial charge < -0.3 is 5.73 Å². The van der Waals surface area contributed by atoms with Crippen LogP contribution in [0.2, 0.25) is 0 Å². The molecule has 9 heteroatoms. The number of nitrogens with zero attached hydrogens (tertiary/aromatic N) is 5. The van der Waals surface area contributed by atoms with Crippen molar-refractivity contribution < 1.29 is 8.78 Å². The standard InChI is InChI=1S/C19H19F2N7/c1-11-6-7-14(20)16(21)17(11)28-19(25-26-27(28)2)13-9-12(10-24-18(13)22)15-5-3-4-8-23-15/h3-11,17,26H,1-2H3,(H2,22,24)/t11-,17?/m0/s1. The van der Waals surface area contributed by atoms with Gasteiger partial charge in [-0.05, 0) is 24.3 Å². The number of hydrazone groups is 1. The van der Waals surface area contributed by atoms with Crippen LogP contribution in [0.3, 0.4) is 0 Å². The summed E-state index contributed by atoms with van der Waals surface area (Å²) in [6, 6.07) is 6.42. The Morgan fingerprint density at radius 1 is 1.21 bits per heavy atom. The fourth-order valence-electron chi connectivity index (χ4n) is 3.31. The molecule has 144 valence electrons. The molecule has 1 unspecified atom stereocenters. The van der Waals surface area contributed by atoms with Gasteiger partial charge in [0.1, 0.15) is 11.9 Å². The number of hydrazine groups is 2. The number of nitrogens with two attached hydrogens (primary N) is 1. The summed E-state index contributed by atoms with van der Waals surface area (Å²) in [7, 11) is 1.67. The lowest BCUT2D eigenvalue weighted by Gasteiger charge is -2.37. The fourth-order valence-corrected chi connectivity index (χ4v) is 3.31. The number of hydrogen-bond donors (Lipinski definition) is 2. The van der Waals surface area contributed by atoms with Crippen molar-refractivity contribution in [3.8, 4) is 11.3 Å². The van der Waals surface area contributed by atoms with Crippen molar-refractivity contribution in [3.05, 3.63) is 66.0 Å². The fraction of sp³-hybridized carbons (Fsp3) is 0.211. The summed E-state index contributed by atoms with van der Waals surface area (Å²) >= 11 is 0. The number of hydrogen-bond acceptors (Lipinski definition) is 7. The van der Waals surface area contributed by atoms with E-state index in [1.54, 1.807) is 36.6 Å². The molecule has 0 bridgehead atoms. The van der Waals surface area contributed by atoms with E-state index in [1.807, 2.05) is 25.1 Å². The summed E-state index contributed by atoms with van der Waals surface area (Å²) in [6.07, 6.45) is 6.07. The number of aromatic nitrogens is 2. The molecule has 2 aromatic heterocycles. The molecule has 4 rings (SSSR count). The Labute approximate surface area is 160 Å². The number of amidine groups is 1. The molecule has 0 aromatic carbocycles. The van der Waals surface area contributed by atoms with Gasteiger partial charge in [0, 0.05) is 30.9 Å². The first-order valence-corrected chi connectivity index (χ1v) is 8.74. The lowest BCUT2D eigenvalue weighted by molar-refractivity contribution is 0.00321. The molecule has 2 aliphatic rings. The van der Waals surface area contributed by atoms with E-state index in [-0.39, 0.29) is 11.7 Å². The molecule has 3 heterocycles. The molecular formula is C19H19F2N7. The van der Waals surface area contributed by atoms with Crippen LogP contribution in [0.5, 0.6) is 0 Å². The van der Waals surface area contributed by atoms with E-state index in [0.717, 1.165) is 11.6 Å². The van der Waals surface area contributed by atoms with Gasteiger partial charge in [-0.15, -0.1) is 10.2 Å². The Kier molecular flexibility index (Phi) is 4.52. The van der Waals surface area contributed by atoms with Gasteiger partial charge in [0.2, 0.25) is 0 Å². The lowest BCUT2D eigenvalue weighted by atomic mass is 9.94. The maximum atomic E-state index is 14.7. The highest BCUT2D eigenvalue weighted by atomic mass is 19.2. The minimum atomic E-state index is -0.901. The van der Waals surface area contributed by atoms with E-state index in [4.69, 9.17) is 5.73 Å². The lowest BCUT2D eigenvalue weighted by Crippen LogP contribution is -2.52. The average Bonchev–Trinajstić information content (AvgIpc) is 3.07. The van der Waals surface area contributed by atoms with Gasteiger partial charge in [0.05, 0.1) is 11.3 Å². The molecule has 0 fully saturated rings. The Morgan fingerprint density at radius 2 is 2.04 bits per heavy atom. The van der Waals surface area contributed by atoms with Crippen molar-refractivity contribution in [1.29, 1.82) is 0 Å².